The number of hydrogen-bond acceptors (Lipinski definition) is 9. The highest BCUT2D eigenvalue weighted by Gasteiger charge is 2.35. The molecular weight excluding hydrogens is 458 g/mol. The maximum atomic E-state index is 12.9. The van der Waals surface area contributed by atoms with Crippen LogP contribution in [0.3, 0.4) is 0 Å². The minimum Gasteiger partial charge on any atom is -0.467 e. The maximum absolute atomic E-state index is 12.9. The highest BCUT2D eigenvalue weighted by Crippen LogP contribution is 2.34. The van der Waals surface area contributed by atoms with E-state index in [9.17, 15) is 14.4 Å². The molecule has 4 heterocycles. The Labute approximate surface area is 197 Å². The molecule has 5 rings (SSSR count). The minimum absolute atomic E-state index is 0.0108. The number of amides is 1. The van der Waals surface area contributed by atoms with Crippen LogP contribution in [0.15, 0.2) is 74.5 Å². The van der Waals surface area contributed by atoms with Crippen LogP contribution in [0.5, 0.6) is 0 Å². The number of aromatic nitrogens is 3. The number of hydrazone groups is 1. The van der Waals surface area contributed by atoms with E-state index < -0.39 is 24.5 Å². The molecule has 0 N–H and O–H groups in total. The van der Waals surface area contributed by atoms with Gasteiger partial charge in [-0.3, -0.25) is 14.4 Å². The smallest absolute Gasteiger partial charge is 0.308 e. The van der Waals surface area contributed by atoms with E-state index in [-0.39, 0.29) is 18.5 Å². The van der Waals surface area contributed by atoms with E-state index in [1.54, 1.807) is 42.7 Å². The van der Waals surface area contributed by atoms with Crippen molar-refractivity contribution in [3.63, 3.8) is 0 Å². The van der Waals surface area contributed by atoms with E-state index in [1.807, 2.05) is 17.5 Å². The number of hydrogen-bond donors (Lipinski definition) is 0. The van der Waals surface area contributed by atoms with Crippen molar-refractivity contribution < 1.29 is 18.7 Å². The van der Waals surface area contributed by atoms with Crippen molar-refractivity contribution in [2.45, 2.75) is 25.4 Å². The number of carbonyl (C=O) groups excluding carboxylic acids is 2. The van der Waals surface area contributed by atoms with Crippen molar-refractivity contribution in [3.8, 4) is 0 Å². The number of carbonyl (C=O) groups is 2. The summed E-state index contributed by atoms with van der Waals surface area (Å²) in [7, 11) is 0. The van der Waals surface area contributed by atoms with Crippen LogP contribution in [-0.2, 0) is 20.9 Å². The maximum Gasteiger partial charge on any atom is 0.308 e. The van der Waals surface area contributed by atoms with E-state index in [2.05, 4.69) is 15.4 Å². The predicted octanol–water partition coefficient (Wildman–Crippen LogP) is 2.76. The number of fused-ring (bicyclic) bond motifs is 1. The Morgan fingerprint density at radius 3 is 2.82 bits per heavy atom. The molecule has 0 saturated carbocycles. The van der Waals surface area contributed by atoms with Crippen LogP contribution in [0, 0.1) is 0 Å². The molecule has 1 unspecified atom stereocenters. The van der Waals surface area contributed by atoms with Crippen LogP contribution < -0.4 is 5.56 Å². The normalized spacial score (nSPS) is 15.5. The summed E-state index contributed by atoms with van der Waals surface area (Å²) in [4.78, 5) is 38.6. The van der Waals surface area contributed by atoms with E-state index in [0.717, 1.165) is 15.3 Å². The molecule has 3 aromatic heterocycles. The third-order valence-electron chi connectivity index (χ3n) is 5.36. The Morgan fingerprint density at radius 1 is 1.15 bits per heavy atom. The number of aryl methyl sites for hydroxylation is 1. The van der Waals surface area contributed by atoms with Crippen molar-refractivity contribution in [2.24, 2.45) is 5.10 Å². The molecule has 0 saturated heterocycles. The number of furan rings is 1. The lowest BCUT2D eigenvalue weighted by Crippen LogP contribution is -2.31. The van der Waals surface area contributed by atoms with E-state index in [4.69, 9.17) is 9.15 Å². The fraction of sp³-hybridized carbons (Fsp3) is 0.217. The first kappa shape index (κ1) is 21.7. The summed E-state index contributed by atoms with van der Waals surface area (Å²) in [6.45, 7) is -0.487. The average Bonchev–Trinajstić information content (AvgIpc) is 3.63. The van der Waals surface area contributed by atoms with Crippen molar-refractivity contribution in [2.75, 3.05) is 6.61 Å². The van der Waals surface area contributed by atoms with Crippen molar-refractivity contribution in [1.29, 1.82) is 0 Å². The highest BCUT2D eigenvalue weighted by atomic mass is 32.1. The second-order valence-corrected chi connectivity index (χ2v) is 8.49. The average molecular weight is 478 g/mol. The van der Waals surface area contributed by atoms with Gasteiger partial charge in [0.05, 0.1) is 35.2 Å². The van der Waals surface area contributed by atoms with Crippen LogP contribution in [0.1, 0.15) is 29.5 Å². The summed E-state index contributed by atoms with van der Waals surface area (Å²) in [6, 6.07) is 13.8. The summed E-state index contributed by atoms with van der Waals surface area (Å²) in [5.41, 5.74) is 0.907. The number of rotatable bonds is 7. The Morgan fingerprint density at radius 2 is 2.03 bits per heavy atom. The van der Waals surface area contributed by atoms with Crippen molar-refractivity contribution in [3.05, 3.63) is 81.2 Å². The summed E-state index contributed by atoms with van der Waals surface area (Å²) in [5, 5.41) is 16.0. The Balaban J connectivity index is 1.22. The van der Waals surface area contributed by atoms with Gasteiger partial charge < -0.3 is 9.15 Å². The third kappa shape index (κ3) is 4.37. The zero-order chi connectivity index (χ0) is 23.5. The van der Waals surface area contributed by atoms with Crippen molar-refractivity contribution >= 4 is 39.8 Å². The van der Waals surface area contributed by atoms with Crippen LogP contribution in [0.4, 0.5) is 0 Å². The summed E-state index contributed by atoms with van der Waals surface area (Å²) in [6.07, 6.45) is 1.90. The number of thiophene rings is 1. The molecule has 1 aromatic carbocycles. The molecule has 1 amide bonds. The molecule has 172 valence electrons. The lowest BCUT2D eigenvalue weighted by atomic mass is 10.1. The van der Waals surface area contributed by atoms with Gasteiger partial charge in [0.15, 0.2) is 6.61 Å². The van der Waals surface area contributed by atoms with Gasteiger partial charge in [-0.15, -0.1) is 16.4 Å². The molecular formula is C23H19N5O5S. The molecule has 0 bridgehead atoms. The topological polar surface area (TPSA) is 120 Å². The van der Waals surface area contributed by atoms with Crippen LogP contribution >= 0.6 is 11.3 Å². The quantitative estimate of drug-likeness (QED) is 0.375. The molecule has 10 nitrogen and oxygen atoms in total. The Hall–Kier alpha value is -4.12. The van der Waals surface area contributed by atoms with Gasteiger partial charge in [-0.2, -0.15) is 5.10 Å². The summed E-state index contributed by atoms with van der Waals surface area (Å²) in [5.74, 6) is -0.500. The van der Waals surface area contributed by atoms with Crippen LogP contribution in [0.25, 0.3) is 10.9 Å². The minimum atomic E-state index is -0.633. The van der Waals surface area contributed by atoms with Crippen molar-refractivity contribution in [1.82, 2.24) is 20.0 Å². The number of nitrogens with zero attached hydrogens (tertiary/aromatic N) is 5. The highest BCUT2D eigenvalue weighted by molar-refractivity contribution is 7.12. The molecule has 4 aromatic rings. The van der Waals surface area contributed by atoms with Gasteiger partial charge in [-0.05, 0) is 35.7 Å². The summed E-state index contributed by atoms with van der Waals surface area (Å²) < 4.78 is 11.8. The Bertz CT molecular complexity index is 1410. The van der Waals surface area contributed by atoms with E-state index in [1.165, 1.54) is 16.3 Å². The number of ether oxygens (including phenoxy) is 1. The Kier molecular flexibility index (Phi) is 6.00. The molecule has 1 aliphatic heterocycles. The molecule has 0 fully saturated rings. The first-order chi connectivity index (χ1) is 16.6. The lowest BCUT2D eigenvalue weighted by Gasteiger charge is -2.19. The SMILES string of the molecule is O=C(CCn1nnc2ccccc2c1=O)OCC(=O)N1N=C(c2cccs2)CC1c1ccco1. The summed E-state index contributed by atoms with van der Waals surface area (Å²) >= 11 is 1.53. The van der Waals surface area contributed by atoms with Crippen LogP contribution in [0.2, 0.25) is 0 Å². The molecule has 11 heteroatoms. The first-order valence-corrected chi connectivity index (χ1v) is 11.4. The van der Waals surface area contributed by atoms with Gasteiger partial charge in [0.2, 0.25) is 0 Å². The largest absolute Gasteiger partial charge is 0.467 e. The van der Waals surface area contributed by atoms with Gasteiger partial charge in [-0.25, -0.2) is 9.69 Å². The van der Waals surface area contributed by atoms with Gasteiger partial charge in [0.1, 0.15) is 17.3 Å². The molecule has 0 radical (unpaired) electrons. The molecule has 1 atom stereocenters. The van der Waals surface area contributed by atoms with E-state index >= 15 is 0 Å². The number of esters is 1. The predicted molar refractivity (Wildman–Crippen MR) is 123 cm³/mol. The van der Waals surface area contributed by atoms with Gasteiger partial charge in [0, 0.05) is 6.42 Å². The monoisotopic (exact) mass is 477 g/mol. The fourth-order valence-corrected chi connectivity index (χ4v) is 4.40. The molecule has 0 spiro atoms. The second-order valence-electron chi connectivity index (χ2n) is 7.54. The number of benzene rings is 1. The van der Waals surface area contributed by atoms with Gasteiger partial charge >= 0.3 is 5.97 Å². The fourth-order valence-electron chi connectivity index (χ4n) is 3.68. The molecule has 34 heavy (non-hydrogen) atoms. The van der Waals surface area contributed by atoms with Gasteiger partial charge in [0.25, 0.3) is 11.5 Å². The third-order valence-corrected chi connectivity index (χ3v) is 6.28. The van der Waals surface area contributed by atoms with Crippen LogP contribution in [-0.4, -0.2) is 44.2 Å². The zero-order valence-corrected chi connectivity index (χ0v) is 18.7. The van der Waals surface area contributed by atoms with E-state index in [0.29, 0.717) is 23.1 Å². The zero-order valence-electron chi connectivity index (χ0n) is 17.9. The second kappa shape index (κ2) is 9.40. The lowest BCUT2D eigenvalue weighted by molar-refractivity contribution is -0.153. The van der Waals surface area contributed by atoms with Gasteiger partial charge in [-0.1, -0.05) is 23.4 Å². The molecule has 1 aliphatic rings. The first-order valence-electron chi connectivity index (χ1n) is 10.5. The molecule has 0 aliphatic carbocycles. The standard InChI is InChI=1S/C23H19N5O5S/c29-21(28-18(19-7-3-11-32-19)13-17(25-28)20-8-4-12-34-20)14-33-22(30)9-10-27-23(31)15-5-1-2-6-16(15)24-26-27/h1-8,11-12,18H,9-10,13-14H2.